The van der Waals surface area contributed by atoms with E-state index in [-0.39, 0.29) is 18.3 Å². The average molecular weight is 402 g/mol. The predicted octanol–water partition coefficient (Wildman–Crippen LogP) is 3.98. The third-order valence-electron chi connectivity index (χ3n) is 3.75. The van der Waals surface area contributed by atoms with Gasteiger partial charge < -0.3 is 14.5 Å². The van der Waals surface area contributed by atoms with Crippen LogP contribution in [0.3, 0.4) is 0 Å². The van der Waals surface area contributed by atoms with Crippen LogP contribution in [0.4, 0.5) is 0 Å². The summed E-state index contributed by atoms with van der Waals surface area (Å²) in [4.78, 5) is 24.0. The summed E-state index contributed by atoms with van der Waals surface area (Å²) in [5, 5.41) is 3.53. The zero-order valence-electron chi connectivity index (χ0n) is 13.5. The number of halogens is 1. The van der Waals surface area contributed by atoms with E-state index < -0.39 is 5.97 Å². The molecule has 0 bridgehead atoms. The van der Waals surface area contributed by atoms with E-state index in [9.17, 15) is 9.59 Å². The molecule has 0 aliphatic carbocycles. The third-order valence-corrected chi connectivity index (χ3v) is 4.24. The molecule has 5 nitrogen and oxygen atoms in total. The van der Waals surface area contributed by atoms with E-state index in [2.05, 4.69) is 21.2 Å². The molecule has 25 heavy (non-hydrogen) atoms. The summed E-state index contributed by atoms with van der Waals surface area (Å²) in [7, 11) is 0. The number of carbonyl (C=O) groups excluding carboxylic acids is 2. The number of amides is 1. The first-order chi connectivity index (χ1) is 12.0. The first-order valence-corrected chi connectivity index (χ1v) is 8.50. The highest BCUT2D eigenvalue weighted by Gasteiger charge is 2.20. The number of nitrogens with one attached hydrogen (secondary N) is 1. The minimum Gasteiger partial charge on any atom is -0.450 e. The number of carbonyl (C=O) groups is 2. The zero-order chi connectivity index (χ0) is 17.8. The molecule has 0 unspecified atom stereocenters. The van der Waals surface area contributed by atoms with Gasteiger partial charge in [-0.15, -0.1) is 0 Å². The van der Waals surface area contributed by atoms with Gasteiger partial charge in [0.1, 0.15) is 5.58 Å². The average Bonchev–Trinajstić information content (AvgIpc) is 2.95. The molecule has 0 aliphatic heterocycles. The lowest BCUT2D eigenvalue weighted by atomic mass is 10.1. The summed E-state index contributed by atoms with van der Waals surface area (Å²) >= 11 is 3.39. The Labute approximate surface area is 153 Å². The summed E-state index contributed by atoms with van der Waals surface area (Å²) in [6.45, 7) is 1.81. The van der Waals surface area contributed by atoms with Gasteiger partial charge in [0, 0.05) is 22.0 Å². The maximum absolute atomic E-state index is 12.2. The summed E-state index contributed by atoms with van der Waals surface area (Å²) in [6, 6.07) is 15.0. The van der Waals surface area contributed by atoms with E-state index in [0.29, 0.717) is 17.7 Å². The van der Waals surface area contributed by atoms with Crippen LogP contribution in [-0.4, -0.2) is 18.5 Å². The Morgan fingerprint density at radius 3 is 2.68 bits per heavy atom. The Kier molecular flexibility index (Phi) is 5.19. The van der Waals surface area contributed by atoms with Crippen molar-refractivity contribution in [2.24, 2.45) is 0 Å². The number of hydrogen-bond donors (Lipinski definition) is 1. The van der Waals surface area contributed by atoms with Crippen LogP contribution in [0.5, 0.6) is 0 Å². The molecule has 0 radical (unpaired) electrons. The molecule has 0 saturated heterocycles. The van der Waals surface area contributed by atoms with Crippen molar-refractivity contribution in [2.75, 3.05) is 6.61 Å². The summed E-state index contributed by atoms with van der Waals surface area (Å²) < 4.78 is 11.5. The van der Waals surface area contributed by atoms with Crippen molar-refractivity contribution in [3.8, 4) is 0 Å². The molecule has 1 amide bonds. The van der Waals surface area contributed by atoms with Crippen molar-refractivity contribution < 1.29 is 18.7 Å². The molecule has 1 aromatic heterocycles. The number of ether oxygens (including phenoxy) is 1. The van der Waals surface area contributed by atoms with E-state index in [1.54, 1.807) is 13.0 Å². The maximum atomic E-state index is 12.2. The predicted molar refractivity (Wildman–Crippen MR) is 97.2 cm³/mol. The van der Waals surface area contributed by atoms with Crippen molar-refractivity contribution in [1.29, 1.82) is 0 Å². The minimum atomic E-state index is -0.653. The Morgan fingerprint density at radius 2 is 1.92 bits per heavy atom. The number of hydrogen-bond acceptors (Lipinski definition) is 4. The molecule has 0 aliphatic rings. The smallest absolute Gasteiger partial charge is 0.375 e. The van der Waals surface area contributed by atoms with Crippen LogP contribution in [-0.2, 0) is 16.1 Å². The van der Waals surface area contributed by atoms with Crippen LogP contribution in [0.1, 0.15) is 21.7 Å². The second-order valence-corrected chi connectivity index (χ2v) is 6.45. The Hall–Kier alpha value is -2.60. The molecule has 0 fully saturated rings. The second kappa shape index (κ2) is 7.53. The van der Waals surface area contributed by atoms with E-state index >= 15 is 0 Å². The molecule has 2 aromatic carbocycles. The molecule has 0 saturated carbocycles. The molecule has 0 spiro atoms. The van der Waals surface area contributed by atoms with Crippen molar-refractivity contribution in [1.82, 2.24) is 5.32 Å². The van der Waals surface area contributed by atoms with Gasteiger partial charge >= 0.3 is 5.97 Å². The molecular weight excluding hydrogens is 386 g/mol. The van der Waals surface area contributed by atoms with Crippen LogP contribution in [0.15, 0.2) is 57.4 Å². The number of rotatable bonds is 5. The molecule has 128 valence electrons. The van der Waals surface area contributed by atoms with Crippen molar-refractivity contribution in [3.05, 3.63) is 69.9 Å². The van der Waals surface area contributed by atoms with E-state index in [1.807, 2.05) is 42.5 Å². The highest BCUT2D eigenvalue weighted by Crippen LogP contribution is 2.28. The lowest BCUT2D eigenvalue weighted by Crippen LogP contribution is -2.28. The highest BCUT2D eigenvalue weighted by atomic mass is 79.9. The van der Waals surface area contributed by atoms with Crippen LogP contribution in [0.25, 0.3) is 11.0 Å². The third kappa shape index (κ3) is 4.09. The molecule has 0 atom stereocenters. The molecule has 6 heteroatoms. The van der Waals surface area contributed by atoms with E-state index in [0.717, 1.165) is 15.4 Å². The van der Waals surface area contributed by atoms with Gasteiger partial charge in [0.2, 0.25) is 5.76 Å². The quantitative estimate of drug-likeness (QED) is 0.656. The molecule has 1 N–H and O–H groups in total. The normalized spacial score (nSPS) is 10.6. The Balaban J connectivity index is 1.59. The zero-order valence-corrected chi connectivity index (χ0v) is 15.1. The molecule has 1 heterocycles. The molecule has 3 aromatic rings. The minimum absolute atomic E-state index is 0.115. The van der Waals surface area contributed by atoms with Crippen LogP contribution < -0.4 is 5.32 Å². The lowest BCUT2D eigenvalue weighted by Gasteiger charge is -2.06. The van der Waals surface area contributed by atoms with Gasteiger partial charge in [-0.3, -0.25) is 4.79 Å². The van der Waals surface area contributed by atoms with Crippen LogP contribution in [0.2, 0.25) is 0 Å². The molecule has 3 rings (SSSR count). The Morgan fingerprint density at radius 1 is 1.16 bits per heavy atom. The highest BCUT2D eigenvalue weighted by molar-refractivity contribution is 9.10. The summed E-state index contributed by atoms with van der Waals surface area (Å²) in [6.07, 6.45) is 0. The number of fused-ring (bicyclic) bond motifs is 1. The number of furan rings is 1. The van der Waals surface area contributed by atoms with Crippen LogP contribution >= 0.6 is 15.9 Å². The summed E-state index contributed by atoms with van der Waals surface area (Å²) in [5.41, 5.74) is 2.26. The van der Waals surface area contributed by atoms with E-state index in [1.165, 1.54) is 0 Å². The van der Waals surface area contributed by atoms with Gasteiger partial charge in [-0.25, -0.2) is 4.79 Å². The van der Waals surface area contributed by atoms with Gasteiger partial charge in [0.05, 0.1) is 0 Å². The van der Waals surface area contributed by atoms with Gasteiger partial charge in [-0.2, -0.15) is 0 Å². The van der Waals surface area contributed by atoms with Gasteiger partial charge in [0.15, 0.2) is 6.61 Å². The SMILES string of the molecule is Cc1c(C(=O)OCC(=O)NCc2ccccc2)oc2ccc(Br)cc12. The van der Waals surface area contributed by atoms with E-state index in [4.69, 9.17) is 9.15 Å². The first-order valence-electron chi connectivity index (χ1n) is 7.71. The van der Waals surface area contributed by atoms with Crippen molar-refractivity contribution in [2.45, 2.75) is 13.5 Å². The first kappa shape index (κ1) is 17.2. The second-order valence-electron chi connectivity index (χ2n) is 5.54. The largest absolute Gasteiger partial charge is 0.450 e. The summed E-state index contributed by atoms with van der Waals surface area (Å²) in [5.74, 6) is -0.905. The fourth-order valence-electron chi connectivity index (χ4n) is 2.43. The number of esters is 1. The topological polar surface area (TPSA) is 68.5 Å². The number of aryl methyl sites for hydroxylation is 1. The molecular formula is C19H16BrNO4. The lowest BCUT2D eigenvalue weighted by molar-refractivity contribution is -0.124. The fourth-order valence-corrected chi connectivity index (χ4v) is 2.79. The van der Waals surface area contributed by atoms with Crippen molar-refractivity contribution in [3.63, 3.8) is 0 Å². The fraction of sp³-hybridized carbons (Fsp3) is 0.158. The van der Waals surface area contributed by atoms with Gasteiger partial charge in [-0.1, -0.05) is 46.3 Å². The van der Waals surface area contributed by atoms with Crippen LogP contribution in [0, 0.1) is 6.92 Å². The number of benzene rings is 2. The monoisotopic (exact) mass is 401 g/mol. The van der Waals surface area contributed by atoms with Crippen molar-refractivity contribution >= 4 is 38.8 Å². The van der Waals surface area contributed by atoms with Gasteiger partial charge in [0.25, 0.3) is 5.91 Å². The standard InChI is InChI=1S/C19H16BrNO4/c1-12-15-9-14(20)7-8-16(15)25-18(12)19(23)24-11-17(22)21-10-13-5-3-2-4-6-13/h2-9H,10-11H2,1H3,(H,21,22). The van der Waals surface area contributed by atoms with Gasteiger partial charge in [-0.05, 0) is 30.7 Å². The maximum Gasteiger partial charge on any atom is 0.375 e. The Bertz CT molecular complexity index is 918.